The summed E-state index contributed by atoms with van der Waals surface area (Å²) in [6, 6.07) is 2.04. The largest absolute Gasteiger partial charge is 0.354 e. The van der Waals surface area contributed by atoms with E-state index in [1.54, 1.807) is 0 Å². The lowest BCUT2D eigenvalue weighted by Gasteiger charge is -2.36. The summed E-state index contributed by atoms with van der Waals surface area (Å²) < 4.78 is 0. The zero-order valence-corrected chi connectivity index (χ0v) is 15.5. The lowest BCUT2D eigenvalue weighted by Crippen LogP contribution is -2.51. The number of rotatable bonds is 5. The average molecular weight is 346 g/mol. The number of piperidine rings is 1. The second-order valence-corrected chi connectivity index (χ2v) is 6.93. The third-order valence-electron chi connectivity index (χ3n) is 4.94. The normalized spacial score (nSPS) is 19.1. The number of likely N-dealkylation sites (tertiary alicyclic amines) is 1. The maximum atomic E-state index is 12.4. The minimum absolute atomic E-state index is 0.292. The number of nitrogens with zero attached hydrogens (tertiary/aromatic N) is 5. The van der Waals surface area contributed by atoms with E-state index in [2.05, 4.69) is 25.1 Å². The molecular weight excluding hydrogens is 316 g/mol. The highest BCUT2D eigenvalue weighted by Crippen LogP contribution is 2.17. The van der Waals surface area contributed by atoms with Crippen molar-refractivity contribution < 1.29 is 4.79 Å². The van der Waals surface area contributed by atoms with Crippen molar-refractivity contribution in [1.82, 2.24) is 19.8 Å². The zero-order valence-electron chi connectivity index (χ0n) is 15.5. The number of aryl methyl sites for hydroxylation is 1. The van der Waals surface area contributed by atoms with E-state index in [1.165, 1.54) is 6.42 Å². The average Bonchev–Trinajstić information content (AvgIpc) is 2.63. The molecule has 1 aromatic rings. The van der Waals surface area contributed by atoms with Crippen molar-refractivity contribution >= 4 is 17.7 Å². The van der Waals surface area contributed by atoms with Crippen LogP contribution in [0.25, 0.3) is 0 Å². The van der Waals surface area contributed by atoms with Gasteiger partial charge in [-0.1, -0.05) is 0 Å². The lowest BCUT2D eigenvalue weighted by molar-refractivity contribution is -0.133. The van der Waals surface area contributed by atoms with Crippen molar-refractivity contribution in [2.75, 3.05) is 62.6 Å². The molecule has 138 valence electrons. The number of aromatic nitrogens is 2. The Morgan fingerprint density at radius 1 is 1.08 bits per heavy atom. The molecule has 0 aliphatic carbocycles. The van der Waals surface area contributed by atoms with E-state index in [0.717, 1.165) is 70.2 Å². The van der Waals surface area contributed by atoms with E-state index in [-0.39, 0.29) is 0 Å². The molecule has 2 saturated heterocycles. The first-order valence-corrected chi connectivity index (χ1v) is 9.50. The highest BCUT2D eigenvalue weighted by Gasteiger charge is 2.23. The second-order valence-electron chi connectivity index (χ2n) is 6.93. The molecule has 3 heterocycles. The third-order valence-corrected chi connectivity index (χ3v) is 4.94. The monoisotopic (exact) mass is 346 g/mol. The van der Waals surface area contributed by atoms with E-state index >= 15 is 0 Å². The Balaban J connectivity index is 1.52. The molecule has 0 atom stereocenters. The molecule has 0 radical (unpaired) electrons. The van der Waals surface area contributed by atoms with Crippen LogP contribution in [0.3, 0.4) is 0 Å². The highest BCUT2D eigenvalue weighted by atomic mass is 16.2. The standard InChI is InChI=1S/C18H30N6O/c1-3-19-18-20-15(2)13-16(21-18)23-11-9-22(10-12-23)14-17(25)24-7-5-4-6-8-24/h13H,3-12,14H2,1-2H3,(H,19,20,21). The minimum atomic E-state index is 0.292. The Labute approximate surface area is 150 Å². The summed E-state index contributed by atoms with van der Waals surface area (Å²) in [7, 11) is 0. The summed E-state index contributed by atoms with van der Waals surface area (Å²) in [5, 5.41) is 3.19. The fourth-order valence-corrected chi connectivity index (χ4v) is 3.52. The molecule has 3 rings (SSSR count). The van der Waals surface area contributed by atoms with Crippen molar-refractivity contribution in [3.63, 3.8) is 0 Å². The van der Waals surface area contributed by atoms with Crippen LogP contribution in [0.15, 0.2) is 6.07 Å². The van der Waals surface area contributed by atoms with Crippen molar-refractivity contribution in [2.45, 2.75) is 33.1 Å². The molecule has 2 aliphatic heterocycles. The molecule has 0 aromatic carbocycles. The van der Waals surface area contributed by atoms with Crippen LogP contribution in [0.1, 0.15) is 31.9 Å². The van der Waals surface area contributed by atoms with E-state index in [1.807, 2.05) is 24.8 Å². The maximum absolute atomic E-state index is 12.4. The first-order chi connectivity index (χ1) is 12.2. The maximum Gasteiger partial charge on any atom is 0.236 e. The summed E-state index contributed by atoms with van der Waals surface area (Å²) >= 11 is 0. The van der Waals surface area contributed by atoms with Gasteiger partial charge in [-0.2, -0.15) is 4.98 Å². The van der Waals surface area contributed by atoms with E-state index in [9.17, 15) is 4.79 Å². The quantitative estimate of drug-likeness (QED) is 0.868. The Morgan fingerprint density at radius 3 is 2.48 bits per heavy atom. The van der Waals surface area contributed by atoms with Gasteiger partial charge in [0.1, 0.15) is 5.82 Å². The van der Waals surface area contributed by atoms with Crippen molar-refractivity contribution in [3.8, 4) is 0 Å². The Bertz CT molecular complexity index is 579. The Morgan fingerprint density at radius 2 is 1.80 bits per heavy atom. The molecule has 1 amide bonds. The number of piperazine rings is 1. The molecule has 2 aliphatic rings. The highest BCUT2D eigenvalue weighted by molar-refractivity contribution is 5.78. The SMILES string of the molecule is CCNc1nc(C)cc(N2CCN(CC(=O)N3CCCCC3)CC2)n1. The molecule has 0 spiro atoms. The van der Waals surface area contributed by atoms with Crippen molar-refractivity contribution in [2.24, 2.45) is 0 Å². The first kappa shape index (κ1) is 17.9. The fourth-order valence-electron chi connectivity index (χ4n) is 3.52. The van der Waals surface area contributed by atoms with E-state index in [0.29, 0.717) is 18.4 Å². The topological polar surface area (TPSA) is 64.6 Å². The molecular formula is C18H30N6O. The number of hydrogen-bond acceptors (Lipinski definition) is 6. The third kappa shape index (κ3) is 4.81. The summed E-state index contributed by atoms with van der Waals surface area (Å²) in [5.41, 5.74) is 0.976. The molecule has 2 fully saturated rings. The predicted molar refractivity (Wildman–Crippen MR) is 100 cm³/mol. The van der Waals surface area contributed by atoms with E-state index in [4.69, 9.17) is 0 Å². The lowest BCUT2D eigenvalue weighted by atomic mass is 10.1. The van der Waals surface area contributed by atoms with Gasteiger partial charge >= 0.3 is 0 Å². The first-order valence-electron chi connectivity index (χ1n) is 9.50. The van der Waals surface area contributed by atoms with Crippen LogP contribution in [0.5, 0.6) is 0 Å². The zero-order chi connectivity index (χ0) is 17.6. The van der Waals surface area contributed by atoms with Crippen LogP contribution in [-0.4, -0.2) is 78.0 Å². The summed E-state index contributed by atoms with van der Waals surface area (Å²) in [6.07, 6.45) is 3.57. The molecule has 25 heavy (non-hydrogen) atoms. The fraction of sp³-hybridized carbons (Fsp3) is 0.722. The van der Waals surface area contributed by atoms with Crippen LogP contribution < -0.4 is 10.2 Å². The van der Waals surface area contributed by atoms with Gasteiger partial charge in [0, 0.05) is 57.6 Å². The molecule has 1 aromatic heterocycles. The molecule has 0 saturated carbocycles. The van der Waals surface area contributed by atoms with Gasteiger partial charge in [0.2, 0.25) is 11.9 Å². The molecule has 1 N–H and O–H groups in total. The van der Waals surface area contributed by atoms with Crippen molar-refractivity contribution in [3.05, 3.63) is 11.8 Å². The summed E-state index contributed by atoms with van der Waals surface area (Å²) in [4.78, 5) is 28.0. The van der Waals surface area contributed by atoms with Crippen LogP contribution in [0.4, 0.5) is 11.8 Å². The molecule has 0 bridgehead atoms. The smallest absolute Gasteiger partial charge is 0.236 e. The summed E-state index contributed by atoms with van der Waals surface area (Å²) in [5.74, 6) is 1.96. The Hall–Kier alpha value is -1.89. The van der Waals surface area contributed by atoms with E-state index < -0.39 is 0 Å². The number of amides is 1. The Kier molecular flexibility index (Phi) is 6.07. The predicted octanol–water partition coefficient (Wildman–Crippen LogP) is 1.35. The molecule has 0 unspecified atom stereocenters. The van der Waals surface area contributed by atoms with Gasteiger partial charge in [0.15, 0.2) is 0 Å². The van der Waals surface area contributed by atoms with Gasteiger partial charge in [0.25, 0.3) is 0 Å². The number of carbonyl (C=O) groups excluding carboxylic acids is 1. The van der Waals surface area contributed by atoms with Gasteiger partial charge in [0.05, 0.1) is 6.54 Å². The van der Waals surface area contributed by atoms with Crippen LogP contribution in [-0.2, 0) is 4.79 Å². The van der Waals surface area contributed by atoms with Gasteiger partial charge in [-0.15, -0.1) is 0 Å². The van der Waals surface area contributed by atoms with Crippen molar-refractivity contribution in [1.29, 1.82) is 0 Å². The molecule has 7 nitrogen and oxygen atoms in total. The van der Waals surface area contributed by atoms with Gasteiger partial charge in [-0.3, -0.25) is 9.69 Å². The minimum Gasteiger partial charge on any atom is -0.354 e. The van der Waals surface area contributed by atoms with Crippen LogP contribution in [0, 0.1) is 6.92 Å². The number of nitrogens with one attached hydrogen (secondary N) is 1. The van der Waals surface area contributed by atoms with Crippen LogP contribution in [0.2, 0.25) is 0 Å². The number of hydrogen-bond donors (Lipinski definition) is 1. The summed E-state index contributed by atoms with van der Waals surface area (Å²) in [6.45, 7) is 10.9. The second kappa shape index (κ2) is 8.47. The van der Waals surface area contributed by atoms with Gasteiger partial charge < -0.3 is 15.1 Å². The number of anilines is 2. The van der Waals surface area contributed by atoms with Gasteiger partial charge in [-0.25, -0.2) is 4.98 Å². The number of carbonyl (C=O) groups is 1. The van der Waals surface area contributed by atoms with Gasteiger partial charge in [-0.05, 0) is 33.1 Å². The molecule has 7 heteroatoms. The van der Waals surface area contributed by atoms with Crippen LogP contribution >= 0.6 is 0 Å².